The Hall–Kier alpha value is -3.58. The van der Waals surface area contributed by atoms with E-state index in [0.717, 1.165) is 49.3 Å². The summed E-state index contributed by atoms with van der Waals surface area (Å²) in [7, 11) is 1.57. The van der Waals surface area contributed by atoms with Gasteiger partial charge in [0.1, 0.15) is 28.5 Å². The second-order valence-corrected chi connectivity index (χ2v) is 10.0. The zero-order valence-electron chi connectivity index (χ0n) is 22.0. The maximum Gasteiger partial charge on any atom is 0.410 e. The van der Waals surface area contributed by atoms with Gasteiger partial charge in [-0.15, -0.1) is 0 Å². The van der Waals surface area contributed by atoms with Crippen LogP contribution in [0.3, 0.4) is 0 Å². The Balaban J connectivity index is 0.000000236. The van der Waals surface area contributed by atoms with E-state index in [-0.39, 0.29) is 11.7 Å². The summed E-state index contributed by atoms with van der Waals surface area (Å²) < 4.78 is 12.3. The van der Waals surface area contributed by atoms with Crippen molar-refractivity contribution in [2.24, 2.45) is 10.7 Å². The highest BCUT2D eigenvalue weighted by atomic mass is 16.6. The number of carbonyl (C=O) groups excluding carboxylic acids is 1. The lowest BCUT2D eigenvalue weighted by molar-refractivity contribution is 0.0239. The molecule has 2 aliphatic heterocycles. The largest absolute Gasteiger partial charge is 0.494 e. The number of likely N-dealkylation sites (tertiary alicyclic amines) is 1. The van der Waals surface area contributed by atoms with Crippen molar-refractivity contribution >= 4 is 22.9 Å². The van der Waals surface area contributed by atoms with Crippen molar-refractivity contribution in [2.45, 2.75) is 65.1 Å². The highest BCUT2D eigenvalue weighted by molar-refractivity contribution is 6.22. The van der Waals surface area contributed by atoms with Crippen molar-refractivity contribution in [2.75, 3.05) is 26.7 Å². The number of carbonyl (C=O) groups is 1. The number of amides is 1. The first-order valence-corrected chi connectivity index (χ1v) is 12.2. The molecule has 0 bridgehead atoms. The van der Waals surface area contributed by atoms with Crippen molar-refractivity contribution in [3.8, 4) is 11.8 Å². The predicted octanol–water partition coefficient (Wildman–Crippen LogP) is 3.35. The zero-order valence-corrected chi connectivity index (χ0v) is 22.0. The minimum atomic E-state index is -0.376. The van der Waals surface area contributed by atoms with Crippen molar-refractivity contribution in [3.63, 3.8) is 0 Å². The molecule has 0 saturated carbocycles. The fourth-order valence-corrected chi connectivity index (χ4v) is 4.13. The Morgan fingerprint density at radius 1 is 1.39 bits per heavy atom. The van der Waals surface area contributed by atoms with Crippen LogP contribution in [0.2, 0.25) is 0 Å². The summed E-state index contributed by atoms with van der Waals surface area (Å²) in [6.45, 7) is 12.3. The number of rotatable bonds is 4. The molecule has 4 rings (SSSR count). The third kappa shape index (κ3) is 6.34. The summed E-state index contributed by atoms with van der Waals surface area (Å²) in [5, 5.41) is 16.6. The number of hydrogen-bond donors (Lipinski definition) is 2. The van der Waals surface area contributed by atoms with Gasteiger partial charge in [0.05, 0.1) is 19.3 Å². The van der Waals surface area contributed by atoms with Gasteiger partial charge in [-0.25, -0.2) is 9.31 Å². The second kappa shape index (κ2) is 11.4. The van der Waals surface area contributed by atoms with Crippen molar-refractivity contribution < 1.29 is 14.3 Å². The van der Waals surface area contributed by atoms with E-state index in [2.05, 4.69) is 28.4 Å². The quantitative estimate of drug-likeness (QED) is 0.622. The number of nitrogens with zero attached hydrogens (tertiary/aromatic N) is 5. The first-order chi connectivity index (χ1) is 17.1. The van der Waals surface area contributed by atoms with Gasteiger partial charge >= 0.3 is 6.09 Å². The van der Waals surface area contributed by atoms with Crippen LogP contribution in [-0.4, -0.2) is 70.7 Å². The second-order valence-electron chi connectivity index (χ2n) is 10.0. The van der Waals surface area contributed by atoms with Crippen LogP contribution >= 0.6 is 0 Å². The van der Waals surface area contributed by atoms with Gasteiger partial charge in [0, 0.05) is 54.9 Å². The van der Waals surface area contributed by atoms with Gasteiger partial charge in [0.2, 0.25) is 0 Å². The molecule has 2 fully saturated rings. The number of hydrogen-bond acceptors (Lipinski definition) is 8. The number of ether oxygens (including phenoxy) is 2. The number of aliphatic imine (C=N–C) groups is 1. The molecule has 4 heterocycles. The molecule has 1 unspecified atom stereocenters. The smallest absolute Gasteiger partial charge is 0.410 e. The Kier molecular flexibility index (Phi) is 8.58. The zero-order chi connectivity index (χ0) is 26.5. The maximum atomic E-state index is 11.6. The third-order valence-electron chi connectivity index (χ3n) is 6.10. The highest BCUT2D eigenvalue weighted by Gasteiger charge is 2.29. The maximum absolute atomic E-state index is 11.6. The molecule has 36 heavy (non-hydrogen) atoms. The molecule has 2 aliphatic rings. The SMILES string of the molecule is CC1CCCN1C(=O)OC(C)(C)C.COc1cc(/C(=C/N)C(C)=NC2CNC2)cn2ncc(C#N)c12. The Bertz CT molecular complexity index is 1180. The van der Waals surface area contributed by atoms with E-state index < -0.39 is 0 Å². The molecular weight excluding hydrogens is 458 g/mol. The first-order valence-electron chi connectivity index (χ1n) is 12.2. The average molecular weight is 496 g/mol. The van der Waals surface area contributed by atoms with Crippen LogP contribution in [-0.2, 0) is 4.74 Å². The van der Waals surface area contributed by atoms with Gasteiger partial charge < -0.3 is 25.4 Å². The van der Waals surface area contributed by atoms with E-state index in [9.17, 15) is 10.1 Å². The molecule has 10 nitrogen and oxygen atoms in total. The predicted molar refractivity (Wildman–Crippen MR) is 140 cm³/mol. The number of nitriles is 1. The summed E-state index contributed by atoms with van der Waals surface area (Å²) in [6.07, 6.45) is 6.92. The average Bonchev–Trinajstić information content (AvgIpc) is 3.41. The number of fused-ring (bicyclic) bond motifs is 1. The highest BCUT2D eigenvalue weighted by Crippen LogP contribution is 2.28. The van der Waals surface area contributed by atoms with Crippen LogP contribution in [0.5, 0.6) is 5.75 Å². The Morgan fingerprint density at radius 3 is 2.61 bits per heavy atom. The van der Waals surface area contributed by atoms with Crippen LogP contribution < -0.4 is 15.8 Å². The minimum absolute atomic E-state index is 0.169. The van der Waals surface area contributed by atoms with Gasteiger partial charge in [-0.05, 0) is 53.5 Å². The lowest BCUT2D eigenvalue weighted by Gasteiger charge is -2.26. The molecular formula is C26H37N7O3. The van der Waals surface area contributed by atoms with Crippen LogP contribution in [0.4, 0.5) is 4.79 Å². The number of nitrogens with two attached hydrogens (primary N) is 1. The van der Waals surface area contributed by atoms with E-state index in [4.69, 9.17) is 15.2 Å². The lowest BCUT2D eigenvalue weighted by atomic mass is 10.0. The summed E-state index contributed by atoms with van der Waals surface area (Å²) in [6, 6.07) is 4.61. The van der Waals surface area contributed by atoms with Crippen LogP contribution in [0.1, 0.15) is 58.6 Å². The number of pyridine rings is 1. The standard InChI is InChI=1S/C16H18N6O.C10H19NO2/c1-10(21-13-7-19-8-13)14(5-18)11-3-15(23-2)16-12(4-17)6-20-22(16)9-11;1-8-6-5-7-11(8)9(12)13-10(2,3)4/h3,5-6,9,13,19H,7-8,18H2,1-2H3;8H,5-7H2,1-4H3/b14-5+,21-10?;. The Labute approximate surface area is 212 Å². The molecule has 3 N–H and O–H groups in total. The minimum Gasteiger partial charge on any atom is -0.494 e. The monoisotopic (exact) mass is 495 g/mol. The fourth-order valence-electron chi connectivity index (χ4n) is 4.13. The molecule has 0 aromatic carbocycles. The van der Waals surface area contributed by atoms with Crippen LogP contribution in [0.15, 0.2) is 29.7 Å². The van der Waals surface area contributed by atoms with Crippen LogP contribution in [0, 0.1) is 11.3 Å². The van der Waals surface area contributed by atoms with Gasteiger partial charge in [0.15, 0.2) is 0 Å². The number of allylic oxidation sites excluding steroid dienone is 1. The van der Waals surface area contributed by atoms with Gasteiger partial charge in [-0.1, -0.05) is 0 Å². The summed E-state index contributed by atoms with van der Waals surface area (Å²) >= 11 is 0. The molecule has 10 heteroatoms. The fraction of sp³-hybridized carbons (Fsp3) is 0.538. The molecule has 2 saturated heterocycles. The lowest BCUT2D eigenvalue weighted by Crippen LogP contribution is -2.45. The van der Waals surface area contributed by atoms with Crippen molar-refractivity contribution in [3.05, 3.63) is 35.8 Å². The van der Waals surface area contributed by atoms with Gasteiger partial charge in [-0.2, -0.15) is 10.4 Å². The normalized spacial score (nSPS) is 18.8. The van der Waals surface area contributed by atoms with Crippen LogP contribution in [0.25, 0.3) is 11.1 Å². The molecule has 1 amide bonds. The third-order valence-corrected chi connectivity index (χ3v) is 6.10. The first kappa shape index (κ1) is 27.0. The van der Waals surface area contributed by atoms with E-state index in [1.807, 2.05) is 44.9 Å². The van der Waals surface area contributed by atoms with Gasteiger partial charge in [0.25, 0.3) is 0 Å². The summed E-state index contributed by atoms with van der Waals surface area (Å²) in [5.74, 6) is 0.578. The van der Waals surface area contributed by atoms with E-state index in [1.54, 1.807) is 17.8 Å². The number of methoxy groups -OCH3 is 1. The molecule has 2 aromatic rings. The molecule has 2 aromatic heterocycles. The van der Waals surface area contributed by atoms with E-state index in [1.165, 1.54) is 6.20 Å². The molecule has 0 aliphatic carbocycles. The summed E-state index contributed by atoms with van der Waals surface area (Å²) in [5.41, 5.74) is 9.11. The number of nitrogens with one attached hydrogen (secondary N) is 1. The number of aromatic nitrogens is 2. The molecule has 194 valence electrons. The van der Waals surface area contributed by atoms with Crippen molar-refractivity contribution in [1.82, 2.24) is 19.8 Å². The van der Waals surface area contributed by atoms with E-state index in [0.29, 0.717) is 28.9 Å². The van der Waals surface area contributed by atoms with Crippen molar-refractivity contribution in [1.29, 1.82) is 5.26 Å². The van der Waals surface area contributed by atoms with Gasteiger partial charge in [-0.3, -0.25) is 4.99 Å². The molecule has 1 atom stereocenters. The molecule has 0 radical (unpaired) electrons. The van der Waals surface area contributed by atoms with E-state index >= 15 is 0 Å². The topological polar surface area (TPSA) is 130 Å². The molecule has 0 spiro atoms. The summed E-state index contributed by atoms with van der Waals surface area (Å²) in [4.78, 5) is 18.1. The Morgan fingerprint density at radius 2 is 2.11 bits per heavy atom.